The Morgan fingerprint density at radius 2 is 0.853 bits per heavy atom. The summed E-state index contributed by atoms with van der Waals surface area (Å²) < 4.78 is 15.2. The fourth-order valence-corrected chi connectivity index (χ4v) is 11.5. The molecule has 4 heterocycles. The minimum Gasteiger partial charge on any atom is -0.456 e. The average Bonchev–Trinajstić information content (AvgIpc) is 4.12. The van der Waals surface area contributed by atoms with Gasteiger partial charge in [0.15, 0.2) is 11.6 Å². The average molecular weight is 871 g/mol. The molecule has 14 aromatic rings. The van der Waals surface area contributed by atoms with E-state index in [-0.39, 0.29) is 5.41 Å². The van der Waals surface area contributed by atoms with Gasteiger partial charge in [-0.2, -0.15) is 9.97 Å². The van der Waals surface area contributed by atoms with Crippen LogP contribution in [0.3, 0.4) is 0 Å². The van der Waals surface area contributed by atoms with Crippen molar-refractivity contribution >= 4 is 87.2 Å². The van der Waals surface area contributed by atoms with Gasteiger partial charge in [0.1, 0.15) is 22.3 Å². The van der Waals surface area contributed by atoms with Crippen LogP contribution in [0.4, 0.5) is 0 Å². The molecule has 15 rings (SSSR count). The first-order valence-corrected chi connectivity index (χ1v) is 23.2. The first-order chi connectivity index (χ1) is 33.5. The van der Waals surface area contributed by atoms with Crippen LogP contribution in [0, 0.1) is 0 Å². The number of furan rings is 2. The molecule has 1 aliphatic carbocycles. The van der Waals surface area contributed by atoms with Gasteiger partial charge >= 0.3 is 0 Å². The van der Waals surface area contributed by atoms with Gasteiger partial charge in [-0.05, 0) is 86.4 Å². The number of nitrogens with zero attached hydrogens (tertiary/aromatic N) is 4. The zero-order valence-electron chi connectivity index (χ0n) is 37.1. The summed E-state index contributed by atoms with van der Waals surface area (Å²) in [6.45, 7) is 4.67. The molecule has 0 fully saturated rings. The van der Waals surface area contributed by atoms with E-state index in [9.17, 15) is 0 Å². The molecule has 0 amide bonds. The number of fused-ring (bicyclic) bond motifs is 17. The fraction of sp³-hybridized carbons (Fsp3) is 0.0484. The maximum atomic E-state index is 6.46. The molecular formula is C62H38N4O2. The van der Waals surface area contributed by atoms with Crippen LogP contribution >= 0.6 is 0 Å². The zero-order chi connectivity index (χ0) is 44.8. The highest BCUT2D eigenvalue weighted by Crippen LogP contribution is 2.51. The van der Waals surface area contributed by atoms with Crippen LogP contribution in [0.25, 0.3) is 138 Å². The predicted molar refractivity (Wildman–Crippen MR) is 278 cm³/mol. The van der Waals surface area contributed by atoms with E-state index in [1.165, 1.54) is 33.0 Å². The van der Waals surface area contributed by atoms with E-state index in [0.29, 0.717) is 17.6 Å². The van der Waals surface area contributed by atoms with Crippen molar-refractivity contribution in [3.8, 4) is 51.0 Å². The highest BCUT2D eigenvalue weighted by molar-refractivity contribution is 6.33. The van der Waals surface area contributed by atoms with Crippen molar-refractivity contribution in [1.82, 2.24) is 19.5 Å². The van der Waals surface area contributed by atoms with Gasteiger partial charge in [-0.15, -0.1) is 0 Å². The highest BCUT2D eigenvalue weighted by atomic mass is 16.3. The molecule has 6 heteroatoms. The Labute approximate surface area is 389 Å². The minimum atomic E-state index is -0.113. The second-order valence-electron chi connectivity index (χ2n) is 18.7. The standard InChI is InChI=1S/C62H38N4O2/c1-62(2)50-23-10-7-16-41(50)49-32-35(28-31-51(49)62)38-21-13-22-48-56-46-19-5-3-14-39(46)40-15-4-6-20-47(40)58(56)66(57(38)48)61-64-59(36-26-29-44-42-17-8-11-24-52(42)67-54(44)33-36)63-60(65-61)37-27-30-45-43-18-9-12-25-53(43)68-55(45)34-37/h3-34H,1-2H3. The molecule has 1 aliphatic rings. The number of hydrogen-bond donors (Lipinski definition) is 0. The highest BCUT2D eigenvalue weighted by Gasteiger charge is 2.35. The molecular weight excluding hydrogens is 833 g/mol. The summed E-state index contributed by atoms with van der Waals surface area (Å²) in [7, 11) is 0. The van der Waals surface area contributed by atoms with Crippen LogP contribution < -0.4 is 0 Å². The van der Waals surface area contributed by atoms with Crippen molar-refractivity contribution in [3.05, 3.63) is 205 Å². The topological polar surface area (TPSA) is 69.9 Å². The molecule has 0 aliphatic heterocycles. The Bertz CT molecular complexity index is 4360. The molecule has 318 valence electrons. The molecule has 0 spiro atoms. The van der Waals surface area contributed by atoms with Gasteiger partial charge in [0.2, 0.25) is 5.95 Å². The van der Waals surface area contributed by atoms with E-state index in [0.717, 1.165) is 98.7 Å². The lowest BCUT2D eigenvalue weighted by Gasteiger charge is -2.21. The lowest BCUT2D eigenvalue weighted by Crippen LogP contribution is -2.14. The third-order valence-electron chi connectivity index (χ3n) is 14.7. The van der Waals surface area contributed by atoms with Crippen LogP contribution in [-0.2, 0) is 5.41 Å². The Morgan fingerprint density at radius 3 is 1.53 bits per heavy atom. The molecule has 68 heavy (non-hydrogen) atoms. The Balaban J connectivity index is 1.07. The molecule has 0 radical (unpaired) electrons. The second kappa shape index (κ2) is 13.6. The molecule has 6 nitrogen and oxygen atoms in total. The summed E-state index contributed by atoms with van der Waals surface area (Å²) in [6.07, 6.45) is 0. The fourth-order valence-electron chi connectivity index (χ4n) is 11.5. The summed E-state index contributed by atoms with van der Waals surface area (Å²) in [5.41, 5.74) is 14.3. The Kier molecular flexibility index (Phi) is 7.47. The predicted octanol–water partition coefficient (Wildman–Crippen LogP) is 16.4. The van der Waals surface area contributed by atoms with Crippen molar-refractivity contribution in [2.24, 2.45) is 0 Å². The van der Waals surface area contributed by atoms with Crippen molar-refractivity contribution in [2.75, 3.05) is 0 Å². The van der Waals surface area contributed by atoms with Gasteiger partial charge in [0.25, 0.3) is 0 Å². The van der Waals surface area contributed by atoms with E-state index in [2.05, 4.69) is 176 Å². The molecule has 0 saturated carbocycles. The van der Waals surface area contributed by atoms with E-state index in [4.69, 9.17) is 23.8 Å². The van der Waals surface area contributed by atoms with E-state index >= 15 is 0 Å². The Morgan fingerprint density at radius 1 is 0.353 bits per heavy atom. The summed E-state index contributed by atoms with van der Waals surface area (Å²) >= 11 is 0. The van der Waals surface area contributed by atoms with Crippen LogP contribution in [0.15, 0.2) is 203 Å². The van der Waals surface area contributed by atoms with Gasteiger partial charge in [0, 0.05) is 59.8 Å². The van der Waals surface area contributed by atoms with Gasteiger partial charge in [0.05, 0.1) is 11.0 Å². The summed E-state index contributed by atoms with van der Waals surface area (Å²) in [5, 5.41) is 11.2. The van der Waals surface area contributed by atoms with Crippen LogP contribution in [0.2, 0.25) is 0 Å². The molecule has 10 aromatic carbocycles. The SMILES string of the molecule is CC1(C)c2ccccc2-c2cc(-c3cccc4c5c6ccccc6c6ccccc6c5n(-c5nc(-c6ccc7c(c6)oc6ccccc67)nc(-c6ccc7c(c6)oc6ccccc67)n5)c34)ccc21. The third kappa shape index (κ3) is 5.14. The van der Waals surface area contributed by atoms with Crippen molar-refractivity contribution in [1.29, 1.82) is 0 Å². The molecule has 0 saturated heterocycles. The van der Waals surface area contributed by atoms with Gasteiger partial charge in [-0.3, -0.25) is 4.57 Å². The zero-order valence-corrected chi connectivity index (χ0v) is 37.1. The Hall–Kier alpha value is -8.87. The normalized spacial score (nSPS) is 13.3. The van der Waals surface area contributed by atoms with E-state index < -0.39 is 0 Å². The number of benzene rings is 10. The lowest BCUT2D eigenvalue weighted by molar-refractivity contribution is 0.660. The number of rotatable bonds is 4. The van der Waals surface area contributed by atoms with Crippen LogP contribution in [-0.4, -0.2) is 19.5 Å². The third-order valence-corrected chi connectivity index (χ3v) is 14.7. The first-order valence-electron chi connectivity index (χ1n) is 23.2. The van der Waals surface area contributed by atoms with Crippen molar-refractivity contribution in [2.45, 2.75) is 19.3 Å². The quantitative estimate of drug-likeness (QED) is 0.165. The van der Waals surface area contributed by atoms with Gasteiger partial charge in [-0.25, -0.2) is 4.98 Å². The van der Waals surface area contributed by atoms with E-state index in [1.54, 1.807) is 0 Å². The van der Waals surface area contributed by atoms with Crippen molar-refractivity contribution < 1.29 is 8.83 Å². The smallest absolute Gasteiger partial charge is 0.238 e. The molecule has 0 bridgehead atoms. The molecule has 0 unspecified atom stereocenters. The number of para-hydroxylation sites is 3. The van der Waals surface area contributed by atoms with Gasteiger partial charge < -0.3 is 8.83 Å². The van der Waals surface area contributed by atoms with Crippen LogP contribution in [0.5, 0.6) is 0 Å². The maximum absolute atomic E-state index is 6.46. The molecule has 0 N–H and O–H groups in total. The molecule has 4 aromatic heterocycles. The summed E-state index contributed by atoms with van der Waals surface area (Å²) in [6, 6.07) is 69.0. The van der Waals surface area contributed by atoms with Crippen LogP contribution in [0.1, 0.15) is 25.0 Å². The number of aromatic nitrogens is 4. The monoisotopic (exact) mass is 870 g/mol. The summed E-state index contributed by atoms with van der Waals surface area (Å²) in [4.78, 5) is 16.4. The largest absolute Gasteiger partial charge is 0.456 e. The van der Waals surface area contributed by atoms with Crippen molar-refractivity contribution in [3.63, 3.8) is 0 Å². The summed E-state index contributed by atoms with van der Waals surface area (Å²) in [5.74, 6) is 1.58. The minimum absolute atomic E-state index is 0.113. The molecule has 0 atom stereocenters. The number of hydrogen-bond acceptors (Lipinski definition) is 5. The maximum Gasteiger partial charge on any atom is 0.238 e. The first kappa shape index (κ1) is 37.4. The lowest BCUT2D eigenvalue weighted by atomic mass is 9.82. The van der Waals surface area contributed by atoms with E-state index in [1.807, 2.05) is 36.4 Å². The second-order valence-corrected chi connectivity index (χ2v) is 18.7. The van der Waals surface area contributed by atoms with Gasteiger partial charge in [-0.1, -0.05) is 166 Å².